The van der Waals surface area contributed by atoms with Crippen LogP contribution < -0.4 is 11.1 Å². The van der Waals surface area contributed by atoms with Crippen molar-refractivity contribution in [3.8, 4) is 0 Å². The molecule has 1 aromatic rings. The molecule has 20 heavy (non-hydrogen) atoms. The largest absolute Gasteiger partial charge is 0.324 e. The van der Waals surface area contributed by atoms with Gasteiger partial charge in [-0.1, -0.05) is 20.8 Å². The van der Waals surface area contributed by atoms with Gasteiger partial charge >= 0.3 is 0 Å². The van der Waals surface area contributed by atoms with Crippen molar-refractivity contribution in [2.45, 2.75) is 40.7 Å². The number of rotatable bonds is 3. The highest BCUT2D eigenvalue weighted by Crippen LogP contribution is 2.27. The predicted molar refractivity (Wildman–Crippen MR) is 78.6 cm³/mol. The number of nitrogens with one attached hydrogen (secondary N) is 1. The first-order valence-electron chi connectivity index (χ1n) is 6.36. The van der Waals surface area contributed by atoms with Gasteiger partial charge < -0.3 is 11.1 Å². The molecule has 3 N–H and O–H groups in total. The molecule has 0 aromatic heterocycles. The summed E-state index contributed by atoms with van der Waals surface area (Å²) in [6.45, 7) is 8.99. The van der Waals surface area contributed by atoms with Crippen molar-refractivity contribution < 1.29 is 9.72 Å². The van der Waals surface area contributed by atoms with Crippen LogP contribution in [0.3, 0.4) is 0 Å². The van der Waals surface area contributed by atoms with E-state index in [9.17, 15) is 14.9 Å². The molecular weight excluding hydrogens is 258 g/mol. The molecule has 0 fully saturated rings. The zero-order valence-corrected chi connectivity index (χ0v) is 12.5. The van der Waals surface area contributed by atoms with Crippen LogP contribution >= 0.6 is 0 Å². The third-order valence-electron chi connectivity index (χ3n) is 3.21. The topological polar surface area (TPSA) is 98.3 Å². The van der Waals surface area contributed by atoms with Crippen LogP contribution in [0.4, 0.5) is 11.4 Å². The van der Waals surface area contributed by atoms with Crippen LogP contribution in [0, 0.1) is 29.4 Å². The Bertz CT molecular complexity index is 547. The highest BCUT2D eigenvalue weighted by molar-refractivity contribution is 5.96. The van der Waals surface area contributed by atoms with E-state index in [1.54, 1.807) is 19.9 Å². The summed E-state index contributed by atoms with van der Waals surface area (Å²) >= 11 is 0. The smallest absolute Gasteiger partial charge is 0.272 e. The summed E-state index contributed by atoms with van der Waals surface area (Å²) in [4.78, 5) is 22.5. The van der Waals surface area contributed by atoms with E-state index in [-0.39, 0.29) is 17.0 Å². The first-order chi connectivity index (χ1) is 9.04. The van der Waals surface area contributed by atoms with Crippen LogP contribution in [0.5, 0.6) is 0 Å². The number of nitrogens with two attached hydrogens (primary N) is 1. The summed E-state index contributed by atoms with van der Waals surface area (Å²) in [6, 6.07) is 2.39. The third-order valence-corrected chi connectivity index (χ3v) is 3.21. The van der Waals surface area contributed by atoms with Crippen molar-refractivity contribution in [1.82, 2.24) is 0 Å². The van der Waals surface area contributed by atoms with Gasteiger partial charge in [-0.05, 0) is 30.9 Å². The number of anilines is 1. The number of nitro groups is 1. The van der Waals surface area contributed by atoms with Crippen LogP contribution in [-0.4, -0.2) is 16.9 Å². The lowest BCUT2D eigenvalue weighted by atomic mass is 9.87. The first-order valence-corrected chi connectivity index (χ1v) is 6.36. The number of carbonyl (C=O) groups is 1. The molecule has 0 saturated heterocycles. The minimum Gasteiger partial charge on any atom is -0.324 e. The Balaban J connectivity index is 3.03. The number of benzene rings is 1. The van der Waals surface area contributed by atoms with Crippen LogP contribution in [0.25, 0.3) is 0 Å². The second kappa shape index (κ2) is 5.58. The first kappa shape index (κ1) is 16.1. The lowest BCUT2D eigenvalue weighted by Gasteiger charge is -2.26. The van der Waals surface area contributed by atoms with E-state index in [1.807, 2.05) is 20.8 Å². The third kappa shape index (κ3) is 3.54. The van der Waals surface area contributed by atoms with Gasteiger partial charge in [0, 0.05) is 17.3 Å². The molecule has 1 rings (SSSR count). The van der Waals surface area contributed by atoms with E-state index in [4.69, 9.17) is 5.73 Å². The standard InChI is InChI=1S/C14H21N3O3/c1-8-7-11(17(19)20)9(2)6-10(8)16-13(18)12(15)14(3,4)5/h6-7,12H,15H2,1-5H3,(H,16,18)/t12-/m0/s1. The average Bonchev–Trinajstić information content (AvgIpc) is 2.30. The SMILES string of the molecule is Cc1cc([N+](=O)[O-])c(C)cc1NC(=O)[C@H](N)C(C)(C)C. The number of nitro benzene ring substituents is 1. The van der Waals surface area contributed by atoms with E-state index in [0.717, 1.165) is 0 Å². The maximum atomic E-state index is 12.1. The molecular formula is C14H21N3O3. The Hall–Kier alpha value is -1.95. The van der Waals surface area contributed by atoms with Gasteiger partial charge in [-0.3, -0.25) is 14.9 Å². The number of hydrogen-bond acceptors (Lipinski definition) is 4. The number of carbonyl (C=O) groups excluding carboxylic acids is 1. The molecule has 0 aliphatic rings. The van der Waals surface area contributed by atoms with Crippen molar-refractivity contribution in [3.05, 3.63) is 33.4 Å². The maximum Gasteiger partial charge on any atom is 0.272 e. The van der Waals surface area contributed by atoms with Gasteiger partial charge in [-0.15, -0.1) is 0 Å². The van der Waals surface area contributed by atoms with E-state index in [2.05, 4.69) is 5.32 Å². The zero-order chi connectivity index (χ0) is 15.7. The van der Waals surface area contributed by atoms with E-state index < -0.39 is 11.0 Å². The van der Waals surface area contributed by atoms with Gasteiger partial charge in [0.05, 0.1) is 11.0 Å². The zero-order valence-electron chi connectivity index (χ0n) is 12.5. The molecule has 0 heterocycles. The normalized spacial score (nSPS) is 12.9. The second-order valence-corrected chi connectivity index (χ2v) is 6.04. The number of aryl methyl sites for hydroxylation is 2. The summed E-state index contributed by atoms with van der Waals surface area (Å²) in [5.41, 5.74) is 7.27. The molecule has 0 aliphatic carbocycles. The van der Waals surface area contributed by atoms with Crippen molar-refractivity contribution in [2.75, 3.05) is 5.32 Å². The highest BCUT2D eigenvalue weighted by atomic mass is 16.6. The van der Waals surface area contributed by atoms with E-state index in [0.29, 0.717) is 16.8 Å². The minimum absolute atomic E-state index is 0.0422. The van der Waals surface area contributed by atoms with Gasteiger partial charge in [0.1, 0.15) is 0 Å². The Morgan fingerprint density at radius 3 is 2.30 bits per heavy atom. The fourth-order valence-electron chi connectivity index (χ4n) is 1.74. The quantitative estimate of drug-likeness (QED) is 0.656. The highest BCUT2D eigenvalue weighted by Gasteiger charge is 2.28. The molecule has 1 amide bonds. The van der Waals surface area contributed by atoms with Gasteiger partial charge in [0.25, 0.3) is 5.69 Å². The van der Waals surface area contributed by atoms with Crippen LogP contribution in [0.1, 0.15) is 31.9 Å². The summed E-state index contributed by atoms with van der Waals surface area (Å²) in [7, 11) is 0. The van der Waals surface area contributed by atoms with Crippen LogP contribution in [0.2, 0.25) is 0 Å². The summed E-state index contributed by atoms with van der Waals surface area (Å²) < 4.78 is 0. The van der Waals surface area contributed by atoms with Crippen molar-refractivity contribution in [1.29, 1.82) is 0 Å². The fourth-order valence-corrected chi connectivity index (χ4v) is 1.74. The number of amides is 1. The Morgan fingerprint density at radius 2 is 1.85 bits per heavy atom. The van der Waals surface area contributed by atoms with Gasteiger partial charge in [-0.25, -0.2) is 0 Å². The molecule has 1 atom stereocenters. The van der Waals surface area contributed by atoms with Crippen LogP contribution in [0.15, 0.2) is 12.1 Å². The number of nitrogens with zero attached hydrogens (tertiary/aromatic N) is 1. The Kier molecular flexibility index (Phi) is 4.50. The molecule has 110 valence electrons. The summed E-state index contributed by atoms with van der Waals surface area (Å²) in [5, 5.41) is 13.6. The molecule has 0 saturated carbocycles. The van der Waals surface area contributed by atoms with Crippen molar-refractivity contribution >= 4 is 17.3 Å². The van der Waals surface area contributed by atoms with Gasteiger partial charge in [-0.2, -0.15) is 0 Å². The molecule has 0 radical (unpaired) electrons. The summed E-state index contributed by atoms with van der Waals surface area (Å²) in [6.07, 6.45) is 0. The van der Waals surface area contributed by atoms with Gasteiger partial charge in [0.15, 0.2) is 0 Å². The lowest BCUT2D eigenvalue weighted by Crippen LogP contribution is -2.45. The molecule has 6 heteroatoms. The van der Waals surface area contributed by atoms with Crippen LogP contribution in [-0.2, 0) is 4.79 Å². The molecule has 0 aliphatic heterocycles. The minimum atomic E-state index is -0.655. The lowest BCUT2D eigenvalue weighted by molar-refractivity contribution is -0.385. The Morgan fingerprint density at radius 1 is 1.30 bits per heavy atom. The fraction of sp³-hybridized carbons (Fsp3) is 0.500. The van der Waals surface area contributed by atoms with Gasteiger partial charge in [0.2, 0.25) is 5.91 Å². The summed E-state index contributed by atoms with van der Waals surface area (Å²) in [5.74, 6) is -0.297. The average molecular weight is 279 g/mol. The Labute approximate surface area is 118 Å². The monoisotopic (exact) mass is 279 g/mol. The van der Waals surface area contributed by atoms with Crippen molar-refractivity contribution in [2.24, 2.45) is 11.1 Å². The molecule has 6 nitrogen and oxygen atoms in total. The predicted octanol–water partition coefficient (Wildman–Crippen LogP) is 2.52. The molecule has 0 spiro atoms. The molecule has 1 aromatic carbocycles. The van der Waals surface area contributed by atoms with Crippen molar-refractivity contribution in [3.63, 3.8) is 0 Å². The maximum absolute atomic E-state index is 12.1. The molecule has 0 bridgehead atoms. The second-order valence-electron chi connectivity index (χ2n) is 6.04. The molecule has 0 unspecified atom stereocenters. The van der Waals surface area contributed by atoms with E-state index >= 15 is 0 Å². The number of hydrogen-bond donors (Lipinski definition) is 2. The van der Waals surface area contributed by atoms with E-state index in [1.165, 1.54) is 6.07 Å².